The molecule has 0 saturated heterocycles. The molecule has 1 aliphatic rings. The molecule has 0 bridgehead atoms. The summed E-state index contributed by atoms with van der Waals surface area (Å²) >= 11 is 0. The molecule has 1 aromatic rings. The van der Waals surface area contributed by atoms with Crippen molar-refractivity contribution in [2.24, 2.45) is 10.4 Å². The lowest BCUT2D eigenvalue weighted by Gasteiger charge is -2.28. The quantitative estimate of drug-likeness (QED) is 0.767. The Labute approximate surface area is 110 Å². The van der Waals surface area contributed by atoms with Gasteiger partial charge in [-0.15, -0.1) is 0 Å². The van der Waals surface area contributed by atoms with Gasteiger partial charge in [0.15, 0.2) is 5.90 Å². The number of hydrogen-bond acceptors (Lipinski definition) is 2. The van der Waals surface area contributed by atoms with Crippen molar-refractivity contribution in [3.8, 4) is 0 Å². The van der Waals surface area contributed by atoms with E-state index in [-0.39, 0.29) is 5.41 Å². The zero-order chi connectivity index (χ0) is 13.0. The molecule has 18 heavy (non-hydrogen) atoms. The first-order chi connectivity index (χ1) is 8.63. The fourth-order valence-corrected chi connectivity index (χ4v) is 2.67. The Morgan fingerprint density at radius 3 is 2.56 bits per heavy atom. The highest BCUT2D eigenvalue weighted by Gasteiger charge is 2.32. The first kappa shape index (κ1) is 13.1. The highest BCUT2D eigenvalue weighted by molar-refractivity contribution is 5.83. The van der Waals surface area contributed by atoms with Crippen LogP contribution in [0.1, 0.15) is 45.1 Å². The third kappa shape index (κ3) is 2.92. The molecule has 2 rings (SSSR count). The molecule has 1 unspecified atom stereocenters. The Hall–Kier alpha value is -1.31. The van der Waals surface area contributed by atoms with Crippen LogP contribution in [0.5, 0.6) is 0 Å². The molecule has 0 aliphatic carbocycles. The van der Waals surface area contributed by atoms with E-state index in [2.05, 4.69) is 56.1 Å². The second-order valence-corrected chi connectivity index (χ2v) is 5.64. The third-order valence-electron chi connectivity index (χ3n) is 3.68. The Bertz CT molecular complexity index is 408. The molecule has 0 radical (unpaired) electrons. The average Bonchev–Trinajstić information content (AvgIpc) is 2.92. The number of aliphatic imine (C=N–C) groups is 1. The van der Waals surface area contributed by atoms with Crippen LogP contribution in [0.2, 0.25) is 0 Å². The van der Waals surface area contributed by atoms with Crippen LogP contribution in [0, 0.1) is 5.41 Å². The topological polar surface area (TPSA) is 21.6 Å². The zero-order valence-corrected chi connectivity index (χ0v) is 11.6. The number of nitrogens with zero attached hydrogens (tertiary/aromatic N) is 1. The van der Waals surface area contributed by atoms with E-state index in [1.807, 2.05) is 0 Å². The molecule has 0 aromatic heterocycles. The third-order valence-corrected chi connectivity index (χ3v) is 3.68. The van der Waals surface area contributed by atoms with Crippen LogP contribution < -0.4 is 0 Å². The fraction of sp³-hybridized carbons (Fsp3) is 0.562. The SMILES string of the molecule is CCC(CC(C)(C)C1=NCCO1)c1ccccc1. The van der Waals surface area contributed by atoms with Crippen LogP contribution in [0.3, 0.4) is 0 Å². The molecule has 0 amide bonds. The molecule has 0 spiro atoms. The van der Waals surface area contributed by atoms with Crippen LogP contribution in [0.15, 0.2) is 35.3 Å². The van der Waals surface area contributed by atoms with Gasteiger partial charge in [0.1, 0.15) is 6.61 Å². The van der Waals surface area contributed by atoms with Gasteiger partial charge in [0.05, 0.1) is 6.54 Å². The average molecular weight is 245 g/mol. The van der Waals surface area contributed by atoms with Crippen LogP contribution in [0.4, 0.5) is 0 Å². The maximum atomic E-state index is 5.65. The Morgan fingerprint density at radius 1 is 1.28 bits per heavy atom. The van der Waals surface area contributed by atoms with Gasteiger partial charge in [-0.05, 0) is 24.3 Å². The predicted octanol–water partition coefficient (Wildman–Crippen LogP) is 4.03. The standard InChI is InChI=1S/C16H23NO/c1-4-13(14-8-6-5-7-9-14)12-16(2,3)15-17-10-11-18-15/h5-9,13H,4,10-12H2,1-3H3. The van der Waals surface area contributed by atoms with E-state index in [0.717, 1.165) is 31.9 Å². The van der Waals surface area contributed by atoms with Crippen LogP contribution >= 0.6 is 0 Å². The lowest BCUT2D eigenvalue weighted by atomic mass is 9.78. The monoisotopic (exact) mass is 245 g/mol. The van der Waals surface area contributed by atoms with Gasteiger partial charge < -0.3 is 4.74 Å². The fourth-order valence-electron chi connectivity index (χ4n) is 2.67. The Kier molecular flexibility index (Phi) is 4.05. The summed E-state index contributed by atoms with van der Waals surface area (Å²) in [5, 5.41) is 0. The maximum absolute atomic E-state index is 5.65. The molecular weight excluding hydrogens is 222 g/mol. The van der Waals surface area contributed by atoms with E-state index in [4.69, 9.17) is 4.74 Å². The van der Waals surface area contributed by atoms with Gasteiger partial charge in [-0.1, -0.05) is 51.1 Å². The molecule has 0 saturated carbocycles. The van der Waals surface area contributed by atoms with Crippen molar-refractivity contribution in [2.45, 2.75) is 39.5 Å². The Balaban J connectivity index is 2.11. The maximum Gasteiger partial charge on any atom is 0.189 e. The molecule has 2 heteroatoms. The van der Waals surface area contributed by atoms with Crippen molar-refractivity contribution in [3.05, 3.63) is 35.9 Å². The summed E-state index contributed by atoms with van der Waals surface area (Å²) in [7, 11) is 0. The summed E-state index contributed by atoms with van der Waals surface area (Å²) in [5.41, 5.74) is 1.46. The molecule has 2 nitrogen and oxygen atoms in total. The van der Waals surface area contributed by atoms with E-state index in [9.17, 15) is 0 Å². The molecule has 1 atom stereocenters. The van der Waals surface area contributed by atoms with Gasteiger partial charge in [-0.2, -0.15) is 0 Å². The van der Waals surface area contributed by atoms with Crippen LogP contribution in [-0.4, -0.2) is 19.0 Å². The van der Waals surface area contributed by atoms with Gasteiger partial charge in [0.2, 0.25) is 0 Å². The summed E-state index contributed by atoms with van der Waals surface area (Å²) in [6.07, 6.45) is 2.24. The van der Waals surface area contributed by atoms with E-state index in [1.54, 1.807) is 0 Å². The molecule has 1 heterocycles. The highest BCUT2D eigenvalue weighted by Crippen LogP contribution is 2.35. The molecule has 0 fully saturated rings. The minimum absolute atomic E-state index is 0.0347. The summed E-state index contributed by atoms with van der Waals surface area (Å²) in [5.74, 6) is 1.52. The smallest absolute Gasteiger partial charge is 0.189 e. The normalized spacial score (nSPS) is 17.2. The van der Waals surface area contributed by atoms with Gasteiger partial charge >= 0.3 is 0 Å². The van der Waals surface area contributed by atoms with Gasteiger partial charge in [0, 0.05) is 5.41 Å². The van der Waals surface area contributed by atoms with Crippen LogP contribution in [-0.2, 0) is 4.74 Å². The van der Waals surface area contributed by atoms with Gasteiger partial charge in [-0.3, -0.25) is 4.99 Å². The minimum Gasteiger partial charge on any atom is -0.479 e. The predicted molar refractivity (Wildman–Crippen MR) is 76.1 cm³/mol. The van der Waals surface area contributed by atoms with E-state index in [0.29, 0.717) is 5.92 Å². The van der Waals surface area contributed by atoms with Crippen molar-refractivity contribution < 1.29 is 4.74 Å². The first-order valence-corrected chi connectivity index (χ1v) is 6.86. The lowest BCUT2D eigenvalue weighted by molar-refractivity contribution is 0.276. The molecule has 1 aromatic carbocycles. The number of ether oxygens (including phenoxy) is 1. The lowest BCUT2D eigenvalue weighted by Crippen LogP contribution is -2.27. The van der Waals surface area contributed by atoms with Crippen molar-refractivity contribution >= 4 is 5.90 Å². The van der Waals surface area contributed by atoms with Crippen molar-refractivity contribution in [1.29, 1.82) is 0 Å². The molecule has 1 aliphatic heterocycles. The summed E-state index contributed by atoms with van der Waals surface area (Å²) in [6.45, 7) is 8.30. The first-order valence-electron chi connectivity index (χ1n) is 6.86. The second-order valence-electron chi connectivity index (χ2n) is 5.64. The number of hydrogen-bond donors (Lipinski definition) is 0. The van der Waals surface area contributed by atoms with Crippen LogP contribution in [0.25, 0.3) is 0 Å². The second kappa shape index (κ2) is 5.55. The highest BCUT2D eigenvalue weighted by atomic mass is 16.5. The van der Waals surface area contributed by atoms with Crippen molar-refractivity contribution in [2.75, 3.05) is 13.2 Å². The number of benzene rings is 1. The summed E-state index contributed by atoms with van der Waals surface area (Å²) in [6, 6.07) is 10.8. The molecular formula is C16H23NO. The summed E-state index contributed by atoms with van der Waals surface area (Å²) < 4.78 is 5.65. The Morgan fingerprint density at radius 2 is 2.00 bits per heavy atom. The van der Waals surface area contributed by atoms with Gasteiger partial charge in [-0.25, -0.2) is 0 Å². The van der Waals surface area contributed by atoms with E-state index < -0.39 is 0 Å². The number of rotatable bonds is 5. The van der Waals surface area contributed by atoms with E-state index >= 15 is 0 Å². The molecule has 0 N–H and O–H groups in total. The van der Waals surface area contributed by atoms with E-state index in [1.165, 1.54) is 5.56 Å². The minimum atomic E-state index is 0.0347. The van der Waals surface area contributed by atoms with Crippen molar-refractivity contribution in [1.82, 2.24) is 0 Å². The molecule has 98 valence electrons. The van der Waals surface area contributed by atoms with Crippen molar-refractivity contribution in [3.63, 3.8) is 0 Å². The zero-order valence-electron chi connectivity index (χ0n) is 11.6. The largest absolute Gasteiger partial charge is 0.479 e. The van der Waals surface area contributed by atoms with Gasteiger partial charge in [0.25, 0.3) is 0 Å². The summed E-state index contributed by atoms with van der Waals surface area (Å²) in [4.78, 5) is 4.48.